The van der Waals surface area contributed by atoms with Gasteiger partial charge in [0.05, 0.1) is 11.0 Å². The smallest absolute Gasteiger partial charge is 0.237 e. The maximum Gasteiger partial charge on any atom is 0.237 e. The summed E-state index contributed by atoms with van der Waals surface area (Å²) < 4.78 is 1.87. The number of H-pyrrole nitrogens is 1. The molecular weight excluding hydrogens is 300 g/mol. The van der Waals surface area contributed by atoms with Crippen molar-refractivity contribution in [3.8, 4) is 11.4 Å². The molecule has 2 aromatic carbocycles. The fourth-order valence-corrected chi connectivity index (χ4v) is 3.13. The number of nitrogens with two attached hydrogens (primary N) is 1. The second kappa shape index (κ2) is 5.23. The van der Waals surface area contributed by atoms with Gasteiger partial charge in [-0.25, -0.2) is 4.98 Å². The summed E-state index contributed by atoms with van der Waals surface area (Å²) in [4.78, 5) is 19.5. The normalized spacial score (nSPS) is 11.4. The molecule has 0 unspecified atom stereocenters. The number of aryl methyl sites for hydroxylation is 2. The average molecular weight is 318 g/mol. The van der Waals surface area contributed by atoms with Gasteiger partial charge in [0.1, 0.15) is 12.4 Å². The van der Waals surface area contributed by atoms with E-state index < -0.39 is 0 Å². The number of amides is 1. The Hall–Kier alpha value is -3.08. The quantitative estimate of drug-likeness (QED) is 0.608. The van der Waals surface area contributed by atoms with Crippen molar-refractivity contribution in [1.29, 1.82) is 0 Å². The lowest BCUT2D eigenvalue weighted by Gasteiger charge is -2.00. The van der Waals surface area contributed by atoms with E-state index in [9.17, 15) is 4.79 Å². The highest BCUT2D eigenvalue weighted by Gasteiger charge is 2.14. The summed E-state index contributed by atoms with van der Waals surface area (Å²) >= 11 is 0. The van der Waals surface area contributed by atoms with Crippen molar-refractivity contribution < 1.29 is 4.79 Å². The van der Waals surface area contributed by atoms with Crippen LogP contribution in [0, 0.1) is 13.8 Å². The van der Waals surface area contributed by atoms with E-state index in [0.717, 1.165) is 33.3 Å². The summed E-state index contributed by atoms with van der Waals surface area (Å²) in [6.07, 6.45) is 1.94. The van der Waals surface area contributed by atoms with E-state index in [-0.39, 0.29) is 12.5 Å². The SMILES string of the molecule is Cc1cc2nc(-c3cn(CC(N)=O)c4ccccc34)[nH]c2cc1C. The minimum absolute atomic E-state index is 0.152. The van der Waals surface area contributed by atoms with Gasteiger partial charge in [-0.15, -0.1) is 0 Å². The number of para-hydroxylation sites is 1. The molecule has 0 saturated heterocycles. The number of carbonyl (C=O) groups is 1. The number of aromatic nitrogens is 3. The van der Waals surface area contributed by atoms with E-state index in [0.29, 0.717) is 0 Å². The largest absolute Gasteiger partial charge is 0.368 e. The molecule has 0 aliphatic heterocycles. The van der Waals surface area contributed by atoms with Crippen LogP contribution in [-0.4, -0.2) is 20.4 Å². The fourth-order valence-electron chi connectivity index (χ4n) is 3.13. The molecule has 4 rings (SSSR count). The summed E-state index contributed by atoms with van der Waals surface area (Å²) in [5.41, 5.74) is 11.7. The van der Waals surface area contributed by atoms with Crippen LogP contribution in [-0.2, 0) is 11.3 Å². The molecule has 0 atom stereocenters. The standard InChI is InChI=1S/C19H18N4O/c1-11-7-15-16(8-12(11)2)22-19(21-15)14-9-23(10-18(20)24)17-6-4-3-5-13(14)17/h3-9H,10H2,1-2H3,(H2,20,24)(H,21,22). The van der Waals surface area contributed by atoms with Gasteiger partial charge < -0.3 is 15.3 Å². The van der Waals surface area contributed by atoms with E-state index in [2.05, 4.69) is 31.0 Å². The minimum atomic E-state index is -0.363. The number of nitrogens with zero attached hydrogens (tertiary/aromatic N) is 2. The maximum atomic E-state index is 11.4. The third kappa shape index (κ3) is 2.25. The number of imidazole rings is 1. The second-order valence-electron chi connectivity index (χ2n) is 6.19. The molecule has 0 saturated carbocycles. The Bertz CT molecular complexity index is 1050. The van der Waals surface area contributed by atoms with Crippen LogP contribution >= 0.6 is 0 Å². The number of benzene rings is 2. The average Bonchev–Trinajstić information content (AvgIpc) is 3.09. The summed E-state index contributed by atoms with van der Waals surface area (Å²) in [6.45, 7) is 4.33. The lowest BCUT2D eigenvalue weighted by atomic mass is 10.1. The van der Waals surface area contributed by atoms with E-state index in [4.69, 9.17) is 10.7 Å². The van der Waals surface area contributed by atoms with Crippen molar-refractivity contribution in [2.24, 2.45) is 5.73 Å². The van der Waals surface area contributed by atoms with E-state index in [1.807, 2.05) is 35.0 Å². The van der Waals surface area contributed by atoms with Crippen LogP contribution in [0.2, 0.25) is 0 Å². The molecule has 3 N–H and O–H groups in total. The van der Waals surface area contributed by atoms with Crippen LogP contribution in [0.4, 0.5) is 0 Å². The van der Waals surface area contributed by atoms with Gasteiger partial charge in [-0.05, 0) is 43.2 Å². The van der Waals surface area contributed by atoms with E-state index in [1.165, 1.54) is 11.1 Å². The number of hydrogen-bond acceptors (Lipinski definition) is 2. The topological polar surface area (TPSA) is 76.7 Å². The molecule has 0 aliphatic rings. The first-order chi connectivity index (χ1) is 11.5. The van der Waals surface area contributed by atoms with Crippen molar-refractivity contribution >= 4 is 27.8 Å². The van der Waals surface area contributed by atoms with Crippen LogP contribution in [0.3, 0.4) is 0 Å². The third-order valence-corrected chi connectivity index (χ3v) is 4.47. The molecule has 4 aromatic rings. The van der Waals surface area contributed by atoms with Crippen LogP contribution in [0.25, 0.3) is 33.3 Å². The highest BCUT2D eigenvalue weighted by atomic mass is 16.1. The van der Waals surface area contributed by atoms with Crippen LogP contribution < -0.4 is 5.73 Å². The molecule has 2 aromatic heterocycles. The van der Waals surface area contributed by atoms with Gasteiger partial charge in [0.25, 0.3) is 0 Å². The molecule has 0 radical (unpaired) electrons. The zero-order chi connectivity index (χ0) is 16.8. The Morgan fingerprint density at radius 2 is 1.96 bits per heavy atom. The molecule has 0 spiro atoms. The van der Waals surface area contributed by atoms with Crippen molar-refractivity contribution in [1.82, 2.24) is 14.5 Å². The number of carbonyl (C=O) groups excluding carboxylic acids is 1. The molecule has 5 nitrogen and oxygen atoms in total. The van der Waals surface area contributed by atoms with Gasteiger partial charge in [0.15, 0.2) is 0 Å². The second-order valence-corrected chi connectivity index (χ2v) is 6.19. The summed E-state index contributed by atoms with van der Waals surface area (Å²) in [7, 11) is 0. The van der Waals surface area contributed by atoms with Crippen molar-refractivity contribution in [3.05, 3.63) is 53.7 Å². The number of aromatic amines is 1. The fraction of sp³-hybridized carbons (Fsp3) is 0.158. The molecule has 5 heteroatoms. The zero-order valence-electron chi connectivity index (χ0n) is 13.6. The van der Waals surface area contributed by atoms with Crippen molar-refractivity contribution in [2.75, 3.05) is 0 Å². The van der Waals surface area contributed by atoms with Gasteiger partial charge in [-0.3, -0.25) is 4.79 Å². The minimum Gasteiger partial charge on any atom is -0.368 e. The number of rotatable bonds is 3. The van der Waals surface area contributed by atoms with Gasteiger partial charge in [-0.1, -0.05) is 18.2 Å². The number of primary amides is 1. The van der Waals surface area contributed by atoms with Crippen molar-refractivity contribution in [3.63, 3.8) is 0 Å². The highest BCUT2D eigenvalue weighted by molar-refractivity contribution is 5.96. The molecule has 1 amide bonds. The Morgan fingerprint density at radius 1 is 1.21 bits per heavy atom. The van der Waals surface area contributed by atoms with Gasteiger partial charge in [0, 0.05) is 22.7 Å². The molecular formula is C19H18N4O. The van der Waals surface area contributed by atoms with Crippen LogP contribution in [0.15, 0.2) is 42.6 Å². The predicted molar refractivity (Wildman–Crippen MR) is 95.7 cm³/mol. The monoisotopic (exact) mass is 318 g/mol. The first-order valence-corrected chi connectivity index (χ1v) is 7.86. The Labute approximate surface area is 139 Å². The molecule has 24 heavy (non-hydrogen) atoms. The molecule has 2 heterocycles. The Kier molecular flexibility index (Phi) is 3.16. The molecule has 0 aliphatic carbocycles. The van der Waals surface area contributed by atoms with Gasteiger partial charge >= 0.3 is 0 Å². The maximum absolute atomic E-state index is 11.4. The van der Waals surface area contributed by atoms with Crippen LogP contribution in [0.5, 0.6) is 0 Å². The third-order valence-electron chi connectivity index (χ3n) is 4.47. The first kappa shape index (κ1) is 14.5. The van der Waals surface area contributed by atoms with Gasteiger partial charge in [0.2, 0.25) is 5.91 Å². The summed E-state index contributed by atoms with van der Waals surface area (Å²) in [5, 5.41) is 1.05. The van der Waals surface area contributed by atoms with E-state index in [1.54, 1.807) is 0 Å². The molecule has 0 bridgehead atoms. The Morgan fingerprint density at radius 3 is 2.75 bits per heavy atom. The lowest BCUT2D eigenvalue weighted by Crippen LogP contribution is -2.17. The zero-order valence-corrected chi connectivity index (χ0v) is 13.6. The van der Waals surface area contributed by atoms with Gasteiger partial charge in [-0.2, -0.15) is 0 Å². The molecule has 0 fully saturated rings. The highest BCUT2D eigenvalue weighted by Crippen LogP contribution is 2.30. The Balaban J connectivity index is 1.94. The van der Waals surface area contributed by atoms with Crippen LogP contribution in [0.1, 0.15) is 11.1 Å². The van der Waals surface area contributed by atoms with E-state index >= 15 is 0 Å². The lowest BCUT2D eigenvalue weighted by molar-refractivity contribution is -0.118. The predicted octanol–water partition coefficient (Wildman–Crippen LogP) is 3.29. The first-order valence-electron chi connectivity index (χ1n) is 7.86. The molecule has 120 valence electrons. The number of hydrogen-bond donors (Lipinski definition) is 2. The van der Waals surface area contributed by atoms with Crippen molar-refractivity contribution in [2.45, 2.75) is 20.4 Å². The summed E-state index contributed by atoms with van der Waals surface area (Å²) in [5.74, 6) is 0.438. The summed E-state index contributed by atoms with van der Waals surface area (Å²) in [6, 6.07) is 12.2. The number of nitrogens with one attached hydrogen (secondary N) is 1. The number of fused-ring (bicyclic) bond motifs is 2.